The summed E-state index contributed by atoms with van der Waals surface area (Å²) in [5, 5.41) is 17.1. The van der Waals surface area contributed by atoms with Gasteiger partial charge in [-0.05, 0) is 13.8 Å². The van der Waals surface area contributed by atoms with E-state index in [1.807, 2.05) is 13.8 Å². The van der Waals surface area contributed by atoms with Crippen LogP contribution in [0.4, 0.5) is 0 Å². The first kappa shape index (κ1) is 9.92. The number of aliphatic hydroxyl groups excluding tert-OH is 1. The van der Waals surface area contributed by atoms with E-state index < -0.39 is 0 Å². The molecule has 0 fully saturated rings. The highest BCUT2D eigenvalue weighted by molar-refractivity contribution is 5.23. The molecule has 0 saturated carbocycles. The summed E-state index contributed by atoms with van der Waals surface area (Å²) in [5.41, 5.74) is 2.70. The molecule has 5 nitrogen and oxygen atoms in total. The maximum Gasteiger partial charge on any atom is 0.158 e. The molecule has 1 N–H and O–H groups in total. The first-order valence-corrected chi connectivity index (χ1v) is 4.75. The monoisotopic (exact) mass is 207 g/mol. The zero-order valence-corrected chi connectivity index (χ0v) is 8.77. The number of aliphatic hydroxyl groups is 1. The molecule has 0 aliphatic heterocycles. The minimum Gasteiger partial charge on any atom is -0.392 e. The van der Waals surface area contributed by atoms with Crippen LogP contribution in [0.3, 0.4) is 0 Å². The lowest BCUT2D eigenvalue weighted by atomic mass is 10.2. The normalized spacial score (nSPS) is 10.9. The van der Waals surface area contributed by atoms with E-state index in [0.29, 0.717) is 6.54 Å². The molecule has 0 aromatic carbocycles. The second kappa shape index (κ2) is 3.86. The van der Waals surface area contributed by atoms with Crippen LogP contribution < -0.4 is 0 Å². The maximum atomic E-state index is 9.15. The van der Waals surface area contributed by atoms with Crippen LogP contribution in [0, 0.1) is 13.8 Å². The number of hydrogen-bond acceptors (Lipinski definition) is 4. The van der Waals surface area contributed by atoms with Gasteiger partial charge in [0.2, 0.25) is 0 Å². The van der Waals surface area contributed by atoms with Crippen LogP contribution in [-0.4, -0.2) is 20.0 Å². The van der Waals surface area contributed by atoms with Crippen LogP contribution in [0.15, 0.2) is 16.8 Å². The first-order chi connectivity index (χ1) is 7.22. The Balaban J connectivity index is 2.29. The predicted octanol–water partition coefficient (Wildman–Crippen LogP) is 1.03. The number of aryl methyl sites for hydroxylation is 1. The van der Waals surface area contributed by atoms with E-state index in [1.165, 1.54) is 0 Å². The highest BCUT2D eigenvalue weighted by atomic mass is 16.5. The minimum absolute atomic E-state index is 0.0219. The van der Waals surface area contributed by atoms with Crippen molar-refractivity contribution in [2.24, 2.45) is 0 Å². The highest BCUT2D eigenvalue weighted by Crippen LogP contribution is 2.14. The highest BCUT2D eigenvalue weighted by Gasteiger charge is 2.11. The van der Waals surface area contributed by atoms with Crippen LogP contribution in [-0.2, 0) is 13.2 Å². The molecule has 0 aliphatic carbocycles. The van der Waals surface area contributed by atoms with Gasteiger partial charge in [-0.2, -0.15) is 5.10 Å². The second-order valence-corrected chi connectivity index (χ2v) is 3.44. The van der Waals surface area contributed by atoms with Crippen LogP contribution >= 0.6 is 0 Å². The molecule has 2 heterocycles. The average molecular weight is 207 g/mol. The van der Waals surface area contributed by atoms with Crippen molar-refractivity contribution in [1.82, 2.24) is 14.9 Å². The fraction of sp³-hybridized carbons (Fsp3) is 0.400. The Morgan fingerprint density at radius 2 is 2.27 bits per heavy atom. The smallest absolute Gasteiger partial charge is 0.158 e. The molecule has 15 heavy (non-hydrogen) atoms. The van der Waals surface area contributed by atoms with Gasteiger partial charge in [-0.15, -0.1) is 0 Å². The van der Waals surface area contributed by atoms with Gasteiger partial charge in [0.25, 0.3) is 0 Å². The van der Waals surface area contributed by atoms with Gasteiger partial charge < -0.3 is 9.63 Å². The Bertz CT molecular complexity index is 445. The lowest BCUT2D eigenvalue weighted by molar-refractivity contribution is 0.280. The number of aromatic nitrogens is 3. The van der Waals surface area contributed by atoms with E-state index in [2.05, 4.69) is 10.3 Å². The predicted molar refractivity (Wildman–Crippen MR) is 53.2 cm³/mol. The summed E-state index contributed by atoms with van der Waals surface area (Å²) in [4.78, 5) is 0. The number of nitrogens with zero attached hydrogens (tertiary/aromatic N) is 3. The molecule has 0 bridgehead atoms. The van der Waals surface area contributed by atoms with Gasteiger partial charge in [-0.25, -0.2) is 0 Å². The van der Waals surface area contributed by atoms with E-state index in [-0.39, 0.29) is 6.61 Å². The third-order valence-corrected chi connectivity index (χ3v) is 2.49. The van der Waals surface area contributed by atoms with Crippen LogP contribution in [0.1, 0.15) is 22.7 Å². The van der Waals surface area contributed by atoms with E-state index in [9.17, 15) is 0 Å². The summed E-state index contributed by atoms with van der Waals surface area (Å²) in [6, 6.07) is 1.80. The standard InChI is InChI=1S/C10H13N3O2/c1-7-10(6-14)8(2)13(12-7)5-9-3-4-11-15-9/h3-4,14H,5-6H2,1-2H3. The van der Waals surface area contributed by atoms with Crippen molar-refractivity contribution in [2.45, 2.75) is 27.0 Å². The van der Waals surface area contributed by atoms with Gasteiger partial charge in [0, 0.05) is 17.3 Å². The van der Waals surface area contributed by atoms with Crippen molar-refractivity contribution in [2.75, 3.05) is 0 Å². The van der Waals surface area contributed by atoms with Crippen molar-refractivity contribution in [3.05, 3.63) is 35.0 Å². The van der Waals surface area contributed by atoms with Gasteiger partial charge in [0.1, 0.15) is 6.54 Å². The van der Waals surface area contributed by atoms with Crippen LogP contribution in [0.2, 0.25) is 0 Å². The SMILES string of the molecule is Cc1nn(Cc2ccno2)c(C)c1CO. The molecule has 0 unspecified atom stereocenters. The molecule has 0 aliphatic rings. The quantitative estimate of drug-likeness (QED) is 0.816. The summed E-state index contributed by atoms with van der Waals surface area (Å²) < 4.78 is 6.81. The van der Waals surface area contributed by atoms with Crippen molar-refractivity contribution in [1.29, 1.82) is 0 Å². The second-order valence-electron chi connectivity index (χ2n) is 3.44. The number of rotatable bonds is 3. The number of hydrogen-bond donors (Lipinski definition) is 1. The fourth-order valence-corrected chi connectivity index (χ4v) is 1.59. The summed E-state index contributed by atoms with van der Waals surface area (Å²) in [6.07, 6.45) is 1.61. The summed E-state index contributed by atoms with van der Waals surface area (Å²) in [7, 11) is 0. The van der Waals surface area contributed by atoms with E-state index in [4.69, 9.17) is 9.63 Å². The molecule has 2 aromatic rings. The van der Waals surface area contributed by atoms with Gasteiger partial charge in [0.15, 0.2) is 5.76 Å². The fourth-order valence-electron chi connectivity index (χ4n) is 1.59. The summed E-state index contributed by atoms with van der Waals surface area (Å²) >= 11 is 0. The molecule has 0 atom stereocenters. The molecule has 5 heteroatoms. The Kier molecular flexibility index (Phi) is 2.55. The first-order valence-electron chi connectivity index (χ1n) is 4.75. The molecule has 2 aromatic heterocycles. The molecular weight excluding hydrogens is 194 g/mol. The average Bonchev–Trinajstić information content (AvgIpc) is 2.78. The third kappa shape index (κ3) is 1.78. The Morgan fingerprint density at radius 3 is 2.80 bits per heavy atom. The van der Waals surface area contributed by atoms with Gasteiger partial charge in [0.05, 0.1) is 18.5 Å². The maximum absolute atomic E-state index is 9.15. The molecule has 80 valence electrons. The molecule has 0 radical (unpaired) electrons. The third-order valence-electron chi connectivity index (χ3n) is 2.49. The van der Waals surface area contributed by atoms with Crippen molar-refractivity contribution in [3.63, 3.8) is 0 Å². The zero-order chi connectivity index (χ0) is 10.8. The summed E-state index contributed by atoms with van der Waals surface area (Å²) in [5.74, 6) is 0.755. The van der Waals surface area contributed by atoms with E-state index in [0.717, 1.165) is 22.7 Å². The molecule has 2 rings (SSSR count). The minimum atomic E-state index is 0.0219. The molecule has 0 saturated heterocycles. The van der Waals surface area contributed by atoms with Crippen molar-refractivity contribution >= 4 is 0 Å². The lowest BCUT2D eigenvalue weighted by Gasteiger charge is -2.01. The topological polar surface area (TPSA) is 64.1 Å². The van der Waals surface area contributed by atoms with Gasteiger partial charge >= 0.3 is 0 Å². The van der Waals surface area contributed by atoms with Crippen LogP contribution in [0.25, 0.3) is 0 Å². The van der Waals surface area contributed by atoms with E-state index >= 15 is 0 Å². The lowest BCUT2D eigenvalue weighted by Crippen LogP contribution is -2.03. The zero-order valence-electron chi connectivity index (χ0n) is 8.77. The Hall–Kier alpha value is -1.62. The largest absolute Gasteiger partial charge is 0.392 e. The van der Waals surface area contributed by atoms with Crippen molar-refractivity contribution in [3.8, 4) is 0 Å². The van der Waals surface area contributed by atoms with Crippen molar-refractivity contribution < 1.29 is 9.63 Å². The van der Waals surface area contributed by atoms with Gasteiger partial charge in [-0.1, -0.05) is 5.16 Å². The molecule has 0 amide bonds. The Morgan fingerprint density at radius 1 is 1.47 bits per heavy atom. The van der Waals surface area contributed by atoms with Crippen LogP contribution in [0.5, 0.6) is 0 Å². The molecule has 0 spiro atoms. The van der Waals surface area contributed by atoms with Gasteiger partial charge in [-0.3, -0.25) is 4.68 Å². The molecular formula is C10H13N3O2. The Labute approximate surface area is 87.3 Å². The summed E-state index contributed by atoms with van der Waals surface area (Å²) in [6.45, 7) is 4.39. The van der Waals surface area contributed by atoms with E-state index in [1.54, 1.807) is 16.9 Å².